The van der Waals surface area contributed by atoms with E-state index in [-0.39, 0.29) is 11.2 Å². The fourth-order valence-electron chi connectivity index (χ4n) is 2.76. The summed E-state index contributed by atoms with van der Waals surface area (Å²) in [4.78, 5) is 12.3. The molecule has 0 fully saturated rings. The van der Waals surface area contributed by atoms with Gasteiger partial charge >= 0.3 is 0 Å². The molecule has 0 aromatic heterocycles. The third-order valence-electron chi connectivity index (χ3n) is 4.60. The zero-order chi connectivity index (χ0) is 22.8. The van der Waals surface area contributed by atoms with Crippen LogP contribution in [0.25, 0.3) is 0 Å². The van der Waals surface area contributed by atoms with Crippen molar-refractivity contribution < 1.29 is 14.3 Å². The summed E-state index contributed by atoms with van der Waals surface area (Å²) < 4.78 is 12.4. The molecule has 0 aliphatic carbocycles. The average molecular weight is 513 g/mol. The largest absolute Gasteiger partial charge is 0.493 e. The van der Waals surface area contributed by atoms with Crippen molar-refractivity contribution in [2.24, 2.45) is 5.10 Å². The van der Waals surface area contributed by atoms with Gasteiger partial charge in [0.1, 0.15) is 6.61 Å². The maximum absolute atomic E-state index is 12.3. The summed E-state index contributed by atoms with van der Waals surface area (Å²) in [5.41, 5.74) is 5.65. The Morgan fingerprint density at radius 1 is 1.06 bits per heavy atom. The summed E-state index contributed by atoms with van der Waals surface area (Å²) in [6.45, 7) is 2.31. The molecule has 0 radical (unpaired) electrons. The molecule has 0 spiro atoms. The van der Waals surface area contributed by atoms with E-state index < -0.39 is 0 Å². The number of rotatable bonds is 10. The number of hydrazone groups is 1. The minimum absolute atomic E-state index is 0.136. The van der Waals surface area contributed by atoms with E-state index in [2.05, 4.69) is 38.6 Å². The van der Waals surface area contributed by atoms with Crippen molar-refractivity contribution in [1.29, 1.82) is 0 Å². The highest BCUT2D eigenvalue weighted by molar-refractivity contribution is 9.10. The molecule has 32 heavy (non-hydrogen) atoms. The molecule has 1 N–H and O–H groups in total. The topological polar surface area (TPSA) is 59.9 Å². The number of benzene rings is 3. The third-order valence-corrected chi connectivity index (χ3v) is 6.34. The van der Waals surface area contributed by atoms with Crippen LogP contribution >= 0.6 is 27.7 Å². The number of carbonyl (C=O) groups is 1. The lowest BCUT2D eigenvalue weighted by Crippen LogP contribution is -2.27. The normalized spacial score (nSPS) is 11.8. The van der Waals surface area contributed by atoms with E-state index >= 15 is 0 Å². The number of nitrogens with one attached hydrogen (secondary N) is 1. The van der Waals surface area contributed by atoms with Crippen molar-refractivity contribution in [1.82, 2.24) is 5.43 Å². The summed E-state index contributed by atoms with van der Waals surface area (Å²) in [6, 6.07) is 23.5. The van der Waals surface area contributed by atoms with E-state index in [1.807, 2.05) is 67.6 Å². The Labute approximate surface area is 201 Å². The van der Waals surface area contributed by atoms with Gasteiger partial charge in [-0.1, -0.05) is 58.4 Å². The molecular weight excluding hydrogens is 488 g/mol. The first-order valence-corrected chi connectivity index (χ1v) is 11.9. The second kappa shape index (κ2) is 12.3. The van der Waals surface area contributed by atoms with Crippen LogP contribution in [-0.4, -0.2) is 24.5 Å². The van der Waals surface area contributed by atoms with Gasteiger partial charge in [-0.05, 0) is 53.9 Å². The molecule has 0 aliphatic heterocycles. The maximum Gasteiger partial charge on any atom is 0.252 e. The lowest BCUT2D eigenvalue weighted by atomic mass is 10.2. The molecule has 0 saturated heterocycles. The van der Waals surface area contributed by atoms with Crippen LogP contribution in [-0.2, 0) is 17.2 Å². The highest BCUT2D eigenvalue weighted by Crippen LogP contribution is 2.28. The number of carbonyl (C=O) groups excluding carboxylic acids is 1. The van der Waals surface area contributed by atoms with Gasteiger partial charge in [-0.3, -0.25) is 4.79 Å². The lowest BCUT2D eigenvalue weighted by molar-refractivity contribution is -0.120. The van der Waals surface area contributed by atoms with Gasteiger partial charge in [0, 0.05) is 10.2 Å². The molecule has 0 saturated carbocycles. The minimum atomic E-state index is -0.212. The third kappa shape index (κ3) is 7.43. The number of hydrogen-bond acceptors (Lipinski definition) is 5. The molecular formula is C25H25BrN2O3S. The summed E-state index contributed by atoms with van der Waals surface area (Å²) >= 11 is 5.00. The Morgan fingerprint density at radius 2 is 1.81 bits per heavy atom. The van der Waals surface area contributed by atoms with E-state index in [0.29, 0.717) is 18.1 Å². The van der Waals surface area contributed by atoms with Gasteiger partial charge in [0.25, 0.3) is 5.91 Å². The zero-order valence-electron chi connectivity index (χ0n) is 18.0. The second-order valence-corrected chi connectivity index (χ2v) is 9.24. The fraction of sp³-hybridized carbons (Fsp3) is 0.200. The molecule has 0 bridgehead atoms. The highest BCUT2D eigenvalue weighted by Gasteiger charge is 2.12. The van der Waals surface area contributed by atoms with Gasteiger partial charge < -0.3 is 9.47 Å². The molecule has 3 aromatic carbocycles. The predicted molar refractivity (Wildman–Crippen MR) is 134 cm³/mol. The molecule has 7 heteroatoms. The van der Waals surface area contributed by atoms with Crippen molar-refractivity contribution in [3.8, 4) is 11.5 Å². The van der Waals surface area contributed by atoms with Crippen molar-refractivity contribution in [2.75, 3.05) is 7.11 Å². The molecule has 0 unspecified atom stereocenters. The van der Waals surface area contributed by atoms with E-state index in [1.54, 1.807) is 25.1 Å². The fourth-order valence-corrected chi connectivity index (χ4v) is 3.86. The summed E-state index contributed by atoms with van der Waals surface area (Å²) in [7, 11) is 1.59. The van der Waals surface area contributed by atoms with E-state index in [1.165, 1.54) is 5.56 Å². The Kier molecular flexibility index (Phi) is 9.19. The van der Waals surface area contributed by atoms with E-state index in [0.717, 1.165) is 21.4 Å². The van der Waals surface area contributed by atoms with Crippen LogP contribution in [0.2, 0.25) is 0 Å². The smallest absolute Gasteiger partial charge is 0.252 e. The van der Waals surface area contributed by atoms with Gasteiger partial charge in [-0.25, -0.2) is 5.43 Å². The first-order valence-electron chi connectivity index (χ1n) is 10.1. The number of nitrogens with zero attached hydrogens (tertiary/aromatic N) is 1. The van der Waals surface area contributed by atoms with E-state index in [9.17, 15) is 4.79 Å². The number of methoxy groups -OCH3 is 1. The summed E-state index contributed by atoms with van der Waals surface area (Å²) in [5.74, 6) is 1.88. The molecule has 1 atom stereocenters. The molecule has 3 aromatic rings. The average Bonchev–Trinajstić information content (AvgIpc) is 2.83. The van der Waals surface area contributed by atoms with Crippen LogP contribution < -0.4 is 14.9 Å². The number of halogens is 1. The quantitative estimate of drug-likeness (QED) is 0.275. The molecule has 5 nitrogen and oxygen atoms in total. The second-order valence-electron chi connectivity index (χ2n) is 7.00. The number of hydrogen-bond donors (Lipinski definition) is 1. The van der Waals surface area contributed by atoms with Crippen LogP contribution in [0.1, 0.15) is 23.6 Å². The SMILES string of the molecule is COc1cc(/C=N\NC(=O)[C@@H](C)SCc2ccccc2)ccc1OCc1ccc(Br)cc1. The molecule has 0 heterocycles. The first-order chi connectivity index (χ1) is 15.5. The Bertz CT molecular complexity index is 1040. The Hall–Kier alpha value is -2.77. The Balaban J connectivity index is 1.51. The number of amides is 1. The van der Waals surface area contributed by atoms with E-state index in [4.69, 9.17) is 9.47 Å². The molecule has 3 rings (SSSR count). The standard InChI is InChI=1S/C25H25BrN2O3S/c1-18(32-17-20-6-4-3-5-7-20)25(29)28-27-15-21-10-13-23(24(14-21)30-2)31-16-19-8-11-22(26)12-9-19/h3-15,18H,16-17H2,1-2H3,(H,28,29)/b27-15-/t18-/m1/s1. The van der Waals surface area contributed by atoms with Crippen LogP contribution in [0.4, 0.5) is 0 Å². The highest BCUT2D eigenvalue weighted by atomic mass is 79.9. The van der Waals surface area contributed by atoms with Crippen molar-refractivity contribution >= 4 is 39.8 Å². The molecule has 0 aliphatic rings. The van der Waals surface area contributed by atoms with Crippen molar-refractivity contribution in [2.45, 2.75) is 24.5 Å². The minimum Gasteiger partial charge on any atom is -0.493 e. The van der Waals surface area contributed by atoms with Gasteiger partial charge in [0.15, 0.2) is 11.5 Å². The summed E-state index contributed by atoms with van der Waals surface area (Å²) in [5, 5.41) is 3.87. The Morgan fingerprint density at radius 3 is 2.53 bits per heavy atom. The molecule has 166 valence electrons. The van der Waals surface area contributed by atoms with Gasteiger partial charge in [-0.15, -0.1) is 11.8 Å². The van der Waals surface area contributed by atoms with Crippen molar-refractivity contribution in [3.05, 3.63) is 94.0 Å². The maximum atomic E-state index is 12.3. The first kappa shape index (κ1) is 23.9. The predicted octanol–water partition coefficient (Wildman–Crippen LogP) is 5.81. The van der Waals surface area contributed by atoms with Gasteiger partial charge in [0.2, 0.25) is 0 Å². The van der Waals surface area contributed by atoms with Crippen molar-refractivity contribution in [3.63, 3.8) is 0 Å². The van der Waals surface area contributed by atoms with Crippen LogP contribution in [0.5, 0.6) is 11.5 Å². The lowest BCUT2D eigenvalue weighted by Gasteiger charge is -2.11. The number of thioether (sulfide) groups is 1. The number of ether oxygens (including phenoxy) is 2. The van der Waals surface area contributed by atoms with Gasteiger partial charge in [-0.2, -0.15) is 5.10 Å². The summed E-state index contributed by atoms with van der Waals surface area (Å²) in [6.07, 6.45) is 1.59. The van der Waals surface area contributed by atoms with Gasteiger partial charge in [0.05, 0.1) is 18.6 Å². The van der Waals surface area contributed by atoms with Crippen LogP contribution in [0, 0.1) is 0 Å². The molecule has 1 amide bonds. The zero-order valence-corrected chi connectivity index (χ0v) is 20.4. The van der Waals surface area contributed by atoms with Crippen LogP contribution in [0.15, 0.2) is 82.4 Å². The monoisotopic (exact) mass is 512 g/mol. The van der Waals surface area contributed by atoms with Crippen LogP contribution in [0.3, 0.4) is 0 Å².